The second-order valence-corrected chi connectivity index (χ2v) is 4.83. The molecule has 1 aromatic carbocycles. The van der Waals surface area contributed by atoms with Crippen molar-refractivity contribution in [3.05, 3.63) is 35.6 Å². The van der Waals surface area contributed by atoms with E-state index < -0.39 is 12.0 Å². The van der Waals surface area contributed by atoms with Gasteiger partial charge < -0.3 is 10.4 Å². The highest BCUT2D eigenvalue weighted by atomic mass is 19.1. The summed E-state index contributed by atoms with van der Waals surface area (Å²) in [6.07, 6.45) is 1.34. The van der Waals surface area contributed by atoms with Crippen LogP contribution < -0.4 is 5.32 Å². The molecule has 0 radical (unpaired) electrons. The number of nitrogens with one attached hydrogen (secondary N) is 1. The summed E-state index contributed by atoms with van der Waals surface area (Å²) in [6, 6.07) is 5.64. The second kappa shape index (κ2) is 6.47. The van der Waals surface area contributed by atoms with Crippen LogP contribution in [0.3, 0.4) is 0 Å². The maximum Gasteiger partial charge on any atom is 0.320 e. The minimum Gasteiger partial charge on any atom is -0.480 e. The number of likely N-dealkylation sites (tertiary alicyclic amines) is 1. The van der Waals surface area contributed by atoms with Crippen LogP contribution in [0.4, 0.5) is 4.39 Å². The van der Waals surface area contributed by atoms with Crippen molar-refractivity contribution in [2.75, 3.05) is 13.1 Å². The Kier molecular flexibility index (Phi) is 4.68. The number of hydrogen-bond acceptors (Lipinski definition) is 3. The Morgan fingerprint density at radius 2 is 2.15 bits per heavy atom. The molecule has 20 heavy (non-hydrogen) atoms. The molecule has 1 heterocycles. The van der Waals surface area contributed by atoms with E-state index in [0.717, 1.165) is 6.42 Å². The topological polar surface area (TPSA) is 69.6 Å². The van der Waals surface area contributed by atoms with E-state index in [1.54, 1.807) is 23.1 Å². The molecule has 0 saturated carbocycles. The van der Waals surface area contributed by atoms with Crippen LogP contribution in [-0.2, 0) is 16.1 Å². The molecule has 0 unspecified atom stereocenters. The summed E-state index contributed by atoms with van der Waals surface area (Å²) in [5.41, 5.74) is 0.414. The fourth-order valence-corrected chi connectivity index (χ4v) is 2.37. The van der Waals surface area contributed by atoms with Gasteiger partial charge in [0, 0.05) is 12.1 Å². The number of halogens is 1. The fourth-order valence-electron chi connectivity index (χ4n) is 2.37. The monoisotopic (exact) mass is 280 g/mol. The van der Waals surface area contributed by atoms with Crippen molar-refractivity contribution in [2.24, 2.45) is 0 Å². The Balaban J connectivity index is 1.84. The summed E-state index contributed by atoms with van der Waals surface area (Å²) in [7, 11) is 0. The quantitative estimate of drug-likeness (QED) is 0.844. The second-order valence-electron chi connectivity index (χ2n) is 4.83. The number of carbonyl (C=O) groups is 2. The number of nitrogens with zero attached hydrogens (tertiary/aromatic N) is 1. The van der Waals surface area contributed by atoms with Gasteiger partial charge in [0.15, 0.2) is 0 Å². The first kappa shape index (κ1) is 14.5. The lowest BCUT2D eigenvalue weighted by Crippen LogP contribution is -2.42. The van der Waals surface area contributed by atoms with Gasteiger partial charge in [0.2, 0.25) is 5.91 Å². The molecule has 0 aromatic heterocycles. The van der Waals surface area contributed by atoms with Crippen LogP contribution in [0.15, 0.2) is 24.3 Å². The van der Waals surface area contributed by atoms with Crippen LogP contribution in [0.25, 0.3) is 0 Å². The van der Waals surface area contributed by atoms with Gasteiger partial charge in [-0.25, -0.2) is 4.39 Å². The zero-order chi connectivity index (χ0) is 14.5. The molecule has 1 amide bonds. The van der Waals surface area contributed by atoms with E-state index in [9.17, 15) is 14.0 Å². The number of carboxylic acids is 1. The van der Waals surface area contributed by atoms with Crippen LogP contribution in [0.5, 0.6) is 0 Å². The predicted octanol–water partition coefficient (Wildman–Crippen LogP) is 0.991. The maximum absolute atomic E-state index is 13.4. The highest BCUT2D eigenvalue weighted by Crippen LogP contribution is 2.16. The van der Waals surface area contributed by atoms with Crippen molar-refractivity contribution in [1.82, 2.24) is 10.2 Å². The Labute approximate surface area is 116 Å². The van der Waals surface area contributed by atoms with E-state index in [4.69, 9.17) is 5.11 Å². The molecule has 1 aliphatic heterocycles. The van der Waals surface area contributed by atoms with Crippen LogP contribution in [0.1, 0.15) is 18.4 Å². The number of amides is 1. The molecule has 108 valence electrons. The zero-order valence-electron chi connectivity index (χ0n) is 11.0. The first-order valence-corrected chi connectivity index (χ1v) is 6.55. The molecule has 0 aliphatic carbocycles. The summed E-state index contributed by atoms with van der Waals surface area (Å²) < 4.78 is 13.4. The smallest absolute Gasteiger partial charge is 0.320 e. The number of rotatable bonds is 5. The molecule has 5 nitrogen and oxygen atoms in total. The van der Waals surface area contributed by atoms with Gasteiger partial charge in [-0.3, -0.25) is 14.5 Å². The van der Waals surface area contributed by atoms with Gasteiger partial charge in [-0.15, -0.1) is 0 Å². The molecule has 2 N–H and O–H groups in total. The maximum atomic E-state index is 13.4. The zero-order valence-corrected chi connectivity index (χ0v) is 11.0. The largest absolute Gasteiger partial charge is 0.480 e. The molecular formula is C14H17FN2O3. The van der Waals surface area contributed by atoms with Crippen molar-refractivity contribution in [3.63, 3.8) is 0 Å². The van der Waals surface area contributed by atoms with Crippen molar-refractivity contribution in [3.8, 4) is 0 Å². The molecule has 1 fully saturated rings. The number of hydrogen-bond donors (Lipinski definition) is 2. The van der Waals surface area contributed by atoms with E-state index in [1.165, 1.54) is 6.07 Å². The summed E-state index contributed by atoms with van der Waals surface area (Å²) in [5, 5.41) is 11.6. The molecule has 0 bridgehead atoms. The first-order valence-electron chi connectivity index (χ1n) is 6.55. The number of carbonyl (C=O) groups excluding carboxylic acids is 1. The van der Waals surface area contributed by atoms with Crippen LogP contribution in [0.2, 0.25) is 0 Å². The van der Waals surface area contributed by atoms with E-state index in [1.807, 2.05) is 0 Å². The minimum atomic E-state index is -0.899. The van der Waals surface area contributed by atoms with E-state index in [2.05, 4.69) is 5.32 Å². The van der Waals surface area contributed by atoms with E-state index in [-0.39, 0.29) is 24.8 Å². The summed E-state index contributed by atoms with van der Waals surface area (Å²) in [6.45, 7) is 0.743. The van der Waals surface area contributed by atoms with Gasteiger partial charge in [-0.1, -0.05) is 18.2 Å². The molecule has 6 heteroatoms. The summed E-state index contributed by atoms with van der Waals surface area (Å²) in [4.78, 5) is 24.4. The number of benzene rings is 1. The fraction of sp³-hybridized carbons (Fsp3) is 0.429. The van der Waals surface area contributed by atoms with Gasteiger partial charge in [0.1, 0.15) is 11.9 Å². The average Bonchev–Trinajstić information content (AvgIpc) is 2.86. The molecule has 0 spiro atoms. The summed E-state index contributed by atoms with van der Waals surface area (Å²) >= 11 is 0. The lowest BCUT2D eigenvalue weighted by molar-refractivity contribution is -0.142. The lowest BCUT2D eigenvalue weighted by Gasteiger charge is -2.20. The third kappa shape index (κ3) is 3.54. The molecule has 1 aromatic rings. The normalized spacial score (nSPS) is 18.9. The van der Waals surface area contributed by atoms with Gasteiger partial charge >= 0.3 is 5.97 Å². The summed E-state index contributed by atoms with van der Waals surface area (Å²) in [5.74, 6) is -1.55. The van der Waals surface area contributed by atoms with Crippen molar-refractivity contribution in [1.29, 1.82) is 0 Å². The number of aliphatic carboxylic acids is 1. The van der Waals surface area contributed by atoms with Gasteiger partial charge in [0.05, 0.1) is 6.54 Å². The molecule has 1 saturated heterocycles. The number of carboxylic acid groups (broad SMARTS) is 1. The lowest BCUT2D eigenvalue weighted by atomic mass is 10.2. The van der Waals surface area contributed by atoms with Gasteiger partial charge in [-0.2, -0.15) is 0 Å². The Morgan fingerprint density at radius 1 is 1.40 bits per heavy atom. The molecule has 1 atom stereocenters. The third-order valence-corrected chi connectivity index (χ3v) is 3.43. The van der Waals surface area contributed by atoms with Crippen molar-refractivity contribution >= 4 is 11.9 Å². The Bertz CT molecular complexity index is 507. The Hall–Kier alpha value is -1.95. The molecular weight excluding hydrogens is 263 g/mol. The minimum absolute atomic E-state index is 0.0332. The van der Waals surface area contributed by atoms with Gasteiger partial charge in [-0.05, 0) is 25.5 Å². The molecule has 2 rings (SSSR count). The third-order valence-electron chi connectivity index (χ3n) is 3.43. The standard InChI is InChI=1S/C14H17FN2O3/c15-11-5-2-1-4-10(11)8-16-13(18)9-17-7-3-6-12(17)14(19)20/h1-2,4-5,12H,3,6-9H2,(H,16,18)(H,19,20)/t12-/m0/s1. The van der Waals surface area contributed by atoms with Crippen LogP contribution >= 0.6 is 0 Å². The SMILES string of the molecule is O=C(CN1CCC[C@H]1C(=O)O)NCc1ccccc1F. The first-order chi connectivity index (χ1) is 9.58. The highest BCUT2D eigenvalue weighted by Gasteiger charge is 2.31. The molecule has 1 aliphatic rings. The van der Waals surface area contributed by atoms with E-state index in [0.29, 0.717) is 18.5 Å². The van der Waals surface area contributed by atoms with Gasteiger partial charge in [0.25, 0.3) is 0 Å². The highest BCUT2D eigenvalue weighted by molar-refractivity contribution is 5.80. The van der Waals surface area contributed by atoms with Crippen LogP contribution in [-0.4, -0.2) is 41.0 Å². The Morgan fingerprint density at radius 3 is 2.85 bits per heavy atom. The van der Waals surface area contributed by atoms with Crippen LogP contribution in [0, 0.1) is 5.82 Å². The van der Waals surface area contributed by atoms with E-state index >= 15 is 0 Å². The predicted molar refractivity (Wildman–Crippen MR) is 70.5 cm³/mol. The van der Waals surface area contributed by atoms with Crippen molar-refractivity contribution in [2.45, 2.75) is 25.4 Å². The average molecular weight is 280 g/mol. The van der Waals surface area contributed by atoms with Crippen molar-refractivity contribution < 1.29 is 19.1 Å².